The molecular weight excluding hydrogens is 376 g/mol. The highest BCUT2D eigenvalue weighted by atomic mass is 16.2. The second-order valence-corrected chi connectivity index (χ2v) is 8.13. The lowest BCUT2D eigenvalue weighted by Gasteiger charge is -2.32. The number of rotatable bonds is 7. The fourth-order valence-corrected chi connectivity index (χ4v) is 3.53. The Morgan fingerprint density at radius 1 is 0.967 bits per heavy atom. The van der Waals surface area contributed by atoms with Crippen LogP contribution >= 0.6 is 0 Å². The average molecular weight is 407 g/mol. The molecule has 3 rings (SSSR count). The third-order valence-corrected chi connectivity index (χ3v) is 5.22. The van der Waals surface area contributed by atoms with Gasteiger partial charge < -0.3 is 9.80 Å². The van der Waals surface area contributed by atoms with Gasteiger partial charge in [-0.05, 0) is 45.3 Å². The van der Waals surface area contributed by atoms with Crippen LogP contribution in [0.4, 0.5) is 0 Å². The predicted octanol–water partition coefficient (Wildman–Crippen LogP) is 3.49. The molecule has 0 aliphatic rings. The third-order valence-electron chi connectivity index (χ3n) is 5.22. The zero-order valence-electron chi connectivity index (χ0n) is 18.4. The van der Waals surface area contributed by atoms with Crippen molar-refractivity contribution in [1.29, 1.82) is 0 Å². The Morgan fingerprint density at radius 3 is 2.23 bits per heavy atom. The van der Waals surface area contributed by atoms with Gasteiger partial charge in [0.15, 0.2) is 0 Å². The minimum Gasteiger partial charge on any atom is -0.331 e. The van der Waals surface area contributed by atoms with E-state index >= 15 is 0 Å². The van der Waals surface area contributed by atoms with Crippen molar-refractivity contribution >= 4 is 16.8 Å². The van der Waals surface area contributed by atoms with Crippen molar-refractivity contribution in [2.75, 3.05) is 27.2 Å². The Balaban J connectivity index is 2.21. The Morgan fingerprint density at radius 2 is 1.60 bits per heavy atom. The Bertz CT molecular complexity index is 1070. The van der Waals surface area contributed by atoms with Gasteiger partial charge in [0.2, 0.25) is 5.91 Å². The summed E-state index contributed by atoms with van der Waals surface area (Å²) < 4.78 is 1.64. The minimum absolute atomic E-state index is 0.0476. The first kappa shape index (κ1) is 21.7. The van der Waals surface area contributed by atoms with Crippen molar-refractivity contribution in [2.24, 2.45) is 5.92 Å². The second-order valence-electron chi connectivity index (χ2n) is 8.13. The molecule has 1 amide bonds. The molecule has 0 fully saturated rings. The first-order chi connectivity index (χ1) is 14.3. The number of nitrogens with zero attached hydrogens (tertiary/aromatic N) is 4. The van der Waals surface area contributed by atoms with Crippen molar-refractivity contribution < 1.29 is 4.79 Å². The van der Waals surface area contributed by atoms with Gasteiger partial charge in [0, 0.05) is 19.0 Å². The van der Waals surface area contributed by atoms with Crippen LogP contribution in [0.3, 0.4) is 0 Å². The molecule has 30 heavy (non-hydrogen) atoms. The zero-order valence-corrected chi connectivity index (χ0v) is 18.4. The van der Waals surface area contributed by atoms with Crippen molar-refractivity contribution in [2.45, 2.75) is 26.8 Å². The molecule has 1 aromatic heterocycles. The van der Waals surface area contributed by atoms with Crippen LogP contribution in [0.25, 0.3) is 16.6 Å². The summed E-state index contributed by atoms with van der Waals surface area (Å²) in [5, 5.41) is 0.562. The summed E-state index contributed by atoms with van der Waals surface area (Å²) in [6, 6.07) is 16.5. The van der Waals surface area contributed by atoms with Crippen LogP contribution in [-0.4, -0.2) is 52.4 Å². The van der Waals surface area contributed by atoms with Crippen molar-refractivity contribution in [1.82, 2.24) is 19.4 Å². The Labute approximate surface area is 177 Å². The van der Waals surface area contributed by atoms with Crippen LogP contribution in [0.1, 0.15) is 32.6 Å². The number of hydrogen-bond donors (Lipinski definition) is 0. The molecular formula is C24H30N4O2. The minimum atomic E-state index is -0.364. The summed E-state index contributed by atoms with van der Waals surface area (Å²) >= 11 is 0. The molecule has 0 bridgehead atoms. The number of para-hydroxylation sites is 2. The summed E-state index contributed by atoms with van der Waals surface area (Å²) in [4.78, 5) is 35.3. The maximum absolute atomic E-state index is 13.5. The number of aromatic nitrogens is 2. The molecule has 3 aromatic rings. The van der Waals surface area contributed by atoms with Gasteiger partial charge in [-0.3, -0.25) is 14.2 Å². The largest absolute Gasteiger partial charge is 0.331 e. The van der Waals surface area contributed by atoms with Gasteiger partial charge >= 0.3 is 0 Å². The van der Waals surface area contributed by atoms with Gasteiger partial charge in [-0.2, -0.15) is 0 Å². The number of fused-ring (bicyclic) bond motifs is 1. The van der Waals surface area contributed by atoms with Crippen molar-refractivity contribution in [3.05, 3.63) is 70.8 Å². The molecule has 6 nitrogen and oxygen atoms in total. The van der Waals surface area contributed by atoms with Crippen LogP contribution in [0.15, 0.2) is 59.4 Å². The standard InChI is InChI=1S/C24H30N4O2/c1-17(2)23(29)27(16-15-26(4)5)18(3)22-25-21-14-10-9-13-20(21)24(30)28(22)19-11-7-6-8-12-19/h6-14,17-18H,15-16H2,1-5H3. The number of amides is 1. The van der Waals surface area contributed by atoms with Gasteiger partial charge in [-0.15, -0.1) is 0 Å². The van der Waals surface area contributed by atoms with Crippen molar-refractivity contribution in [3.8, 4) is 5.69 Å². The van der Waals surface area contributed by atoms with E-state index in [1.807, 2.05) is 93.2 Å². The van der Waals surface area contributed by atoms with Gasteiger partial charge in [0.25, 0.3) is 5.56 Å². The smallest absolute Gasteiger partial charge is 0.266 e. The van der Waals surface area contributed by atoms with E-state index in [1.54, 1.807) is 10.6 Å². The highest BCUT2D eigenvalue weighted by molar-refractivity contribution is 5.79. The van der Waals surface area contributed by atoms with E-state index < -0.39 is 0 Å². The van der Waals surface area contributed by atoms with E-state index in [1.165, 1.54) is 0 Å². The van der Waals surface area contributed by atoms with Crippen LogP contribution in [0.5, 0.6) is 0 Å². The van der Waals surface area contributed by atoms with Crippen LogP contribution in [0.2, 0.25) is 0 Å². The van der Waals surface area contributed by atoms with Gasteiger partial charge in [0.1, 0.15) is 5.82 Å². The monoisotopic (exact) mass is 406 g/mol. The summed E-state index contributed by atoms with van der Waals surface area (Å²) in [6.45, 7) is 7.03. The molecule has 158 valence electrons. The van der Waals surface area contributed by atoms with Gasteiger partial charge in [-0.25, -0.2) is 4.98 Å². The predicted molar refractivity (Wildman–Crippen MR) is 121 cm³/mol. The molecule has 1 atom stereocenters. The molecule has 0 aliphatic heterocycles. The van der Waals surface area contributed by atoms with E-state index in [0.29, 0.717) is 23.3 Å². The summed E-state index contributed by atoms with van der Waals surface area (Å²) in [6.07, 6.45) is 0. The van der Waals surface area contributed by atoms with E-state index in [9.17, 15) is 9.59 Å². The van der Waals surface area contributed by atoms with Gasteiger partial charge in [-0.1, -0.05) is 44.2 Å². The number of likely N-dealkylation sites (N-methyl/N-ethyl adjacent to an activating group) is 1. The number of carbonyl (C=O) groups excluding carboxylic acids is 1. The topological polar surface area (TPSA) is 58.4 Å². The first-order valence-corrected chi connectivity index (χ1v) is 10.3. The SMILES string of the molecule is CC(C)C(=O)N(CCN(C)C)C(C)c1nc2ccccc2c(=O)n1-c1ccccc1. The van der Waals surface area contributed by atoms with E-state index in [2.05, 4.69) is 0 Å². The molecule has 2 aromatic carbocycles. The lowest BCUT2D eigenvalue weighted by Crippen LogP contribution is -2.42. The van der Waals surface area contributed by atoms with Gasteiger partial charge in [0.05, 0.1) is 22.6 Å². The van der Waals surface area contributed by atoms with E-state index in [0.717, 1.165) is 12.2 Å². The number of carbonyl (C=O) groups is 1. The van der Waals surface area contributed by atoms with E-state index in [4.69, 9.17) is 4.98 Å². The zero-order chi connectivity index (χ0) is 21.8. The Kier molecular flexibility index (Phi) is 6.67. The van der Waals surface area contributed by atoms with Crippen LogP contribution < -0.4 is 5.56 Å². The molecule has 1 unspecified atom stereocenters. The maximum atomic E-state index is 13.5. The first-order valence-electron chi connectivity index (χ1n) is 10.3. The summed E-state index contributed by atoms with van der Waals surface area (Å²) in [7, 11) is 3.97. The third kappa shape index (κ3) is 4.44. The van der Waals surface area contributed by atoms with Crippen LogP contribution in [-0.2, 0) is 4.79 Å². The lowest BCUT2D eigenvalue weighted by molar-refractivity contribution is -0.137. The quantitative estimate of drug-likeness (QED) is 0.603. The summed E-state index contributed by atoms with van der Waals surface area (Å²) in [5.74, 6) is 0.469. The second kappa shape index (κ2) is 9.22. The fraction of sp³-hybridized carbons (Fsp3) is 0.375. The normalized spacial score (nSPS) is 12.5. The fourth-order valence-electron chi connectivity index (χ4n) is 3.53. The van der Waals surface area contributed by atoms with E-state index in [-0.39, 0.29) is 23.4 Å². The van der Waals surface area contributed by atoms with Crippen LogP contribution in [0, 0.1) is 5.92 Å². The Hall–Kier alpha value is -2.99. The average Bonchev–Trinajstić information content (AvgIpc) is 2.73. The molecule has 0 aliphatic carbocycles. The lowest BCUT2D eigenvalue weighted by atomic mass is 10.1. The highest BCUT2D eigenvalue weighted by Crippen LogP contribution is 2.24. The highest BCUT2D eigenvalue weighted by Gasteiger charge is 2.28. The number of hydrogen-bond acceptors (Lipinski definition) is 4. The maximum Gasteiger partial charge on any atom is 0.266 e. The molecule has 0 N–H and O–H groups in total. The number of benzene rings is 2. The van der Waals surface area contributed by atoms with Crippen molar-refractivity contribution in [3.63, 3.8) is 0 Å². The molecule has 0 saturated carbocycles. The molecule has 0 radical (unpaired) electrons. The molecule has 6 heteroatoms. The molecule has 0 spiro atoms. The summed E-state index contributed by atoms with van der Waals surface area (Å²) in [5.41, 5.74) is 1.26. The molecule has 1 heterocycles. The molecule has 0 saturated heterocycles.